The highest BCUT2D eigenvalue weighted by Crippen LogP contribution is 2.12. The zero-order valence-electron chi connectivity index (χ0n) is 63.1. The molecule has 0 aliphatic rings. The fourth-order valence-electron chi connectivity index (χ4n) is 3.82. The summed E-state index contributed by atoms with van der Waals surface area (Å²) in [5, 5.41) is 4.23. The summed E-state index contributed by atoms with van der Waals surface area (Å²) in [6.45, 7) is 76.8. The van der Waals surface area contributed by atoms with Crippen LogP contribution >= 0.6 is 22.7 Å². The van der Waals surface area contributed by atoms with Gasteiger partial charge >= 0.3 is 0 Å². The molecule has 3 aromatic carbocycles. The number of nitrogens with zero attached hydrogens (tertiary/aromatic N) is 3. The van der Waals surface area contributed by atoms with E-state index in [0.29, 0.717) is 0 Å². The lowest BCUT2D eigenvalue weighted by atomic mass is 10.2. The van der Waals surface area contributed by atoms with E-state index >= 15 is 0 Å². The molecule has 0 saturated heterocycles. The van der Waals surface area contributed by atoms with Crippen molar-refractivity contribution in [1.29, 1.82) is 0 Å². The van der Waals surface area contributed by atoms with Crippen LogP contribution in [0.15, 0.2) is 187 Å². The van der Waals surface area contributed by atoms with Gasteiger partial charge in [-0.2, -0.15) is 0 Å². The van der Waals surface area contributed by atoms with Crippen LogP contribution in [0.3, 0.4) is 0 Å². The smallest absolute Gasteiger partial charge is 0.0372 e. The van der Waals surface area contributed by atoms with E-state index in [1.807, 2.05) is 318 Å². The van der Waals surface area contributed by atoms with Crippen LogP contribution < -0.4 is 0 Å². The first-order valence-electron chi connectivity index (χ1n) is 32.6. The monoisotopic (exact) mass is 1230 g/mol. The van der Waals surface area contributed by atoms with Gasteiger partial charge in [-0.05, 0) is 145 Å². The molecule has 0 atom stereocenters. The molecule has 5 aromatic heterocycles. The zero-order valence-corrected chi connectivity index (χ0v) is 64.7. The molecule has 8 rings (SSSR count). The van der Waals surface area contributed by atoms with Gasteiger partial charge in [-0.1, -0.05) is 329 Å². The molecule has 0 amide bonds. The Morgan fingerprint density at radius 2 is 0.488 bits per heavy atom. The molecule has 8 aromatic rings. The number of thiophene rings is 2. The summed E-state index contributed by atoms with van der Waals surface area (Å²) in [5.41, 5.74) is 10.3. The van der Waals surface area contributed by atoms with Crippen molar-refractivity contribution in [1.82, 2.24) is 15.0 Å². The molecule has 0 aliphatic heterocycles. The molecule has 0 saturated carbocycles. The molecule has 5 heterocycles. The molecule has 0 unspecified atom stereocenters. The molecular weight excluding hydrogens is 1080 g/mol. The van der Waals surface area contributed by atoms with E-state index in [1.165, 1.54) is 48.7 Å². The van der Waals surface area contributed by atoms with Gasteiger partial charge in [0.05, 0.1) is 0 Å². The van der Waals surface area contributed by atoms with Crippen LogP contribution in [0, 0.1) is 69.2 Å². The van der Waals surface area contributed by atoms with Gasteiger partial charge in [0, 0.05) is 46.4 Å². The number of pyridine rings is 3. The largest absolute Gasteiger partial charge is 0.265 e. The third-order valence-electron chi connectivity index (χ3n) is 7.53. The number of rotatable bonds is 0. The first-order valence-corrected chi connectivity index (χ1v) is 34.4. The lowest BCUT2D eigenvalue weighted by Gasteiger charge is -1.82. The highest BCUT2D eigenvalue weighted by molar-refractivity contribution is 7.10. The Hall–Kier alpha value is -5.49. The number of benzene rings is 3. The SMILES string of the molecule is C.C.CC.CC.CC.CC.CC.CC.CC.CC.CC.CC.CC.CC.CC.CC.Cc1ccccc1.Cc1ccccc1.Cc1ccccc1.Cc1ccccn1.Cc1cccnc1.Cc1ccncc1.Cc1ccsc1C.Cc1ccsc1C. The molecule has 504 valence electrons. The lowest BCUT2D eigenvalue weighted by molar-refractivity contribution is 1.20. The maximum atomic E-state index is 3.98. The fraction of sp³-hybridized carbons (Fsp3) is 0.494. The summed E-state index contributed by atoms with van der Waals surface area (Å²) >= 11 is 3.61. The van der Waals surface area contributed by atoms with E-state index in [4.69, 9.17) is 0 Å². The number of aryl methyl sites for hydroxylation is 10. The van der Waals surface area contributed by atoms with Gasteiger partial charge in [-0.25, -0.2) is 0 Å². The highest BCUT2D eigenvalue weighted by Gasteiger charge is 1.88. The zero-order chi connectivity index (χ0) is 69.2. The van der Waals surface area contributed by atoms with Gasteiger partial charge < -0.3 is 0 Å². The van der Waals surface area contributed by atoms with Gasteiger partial charge in [0.1, 0.15) is 0 Å². The third-order valence-corrected chi connectivity index (χ3v) is 9.42. The Morgan fingerprint density at radius 3 is 0.593 bits per heavy atom. The maximum Gasteiger partial charge on any atom is 0.0372 e. The van der Waals surface area contributed by atoms with Crippen molar-refractivity contribution in [2.45, 2.75) is 278 Å². The van der Waals surface area contributed by atoms with Crippen molar-refractivity contribution in [3.8, 4) is 0 Å². The van der Waals surface area contributed by atoms with E-state index in [2.05, 4.69) is 123 Å². The van der Waals surface area contributed by atoms with Gasteiger partial charge in [-0.15, -0.1) is 22.7 Å². The number of aromatic nitrogens is 3. The van der Waals surface area contributed by atoms with E-state index in [-0.39, 0.29) is 14.9 Å². The van der Waals surface area contributed by atoms with Gasteiger partial charge in [0.2, 0.25) is 0 Å². The minimum absolute atomic E-state index is 0. The summed E-state index contributed by atoms with van der Waals surface area (Å²) in [5.74, 6) is 0. The second kappa shape index (κ2) is 134. The molecule has 0 radical (unpaired) electrons. The maximum absolute atomic E-state index is 3.98. The average molecular weight is 1230 g/mol. The van der Waals surface area contributed by atoms with Gasteiger partial charge in [-0.3, -0.25) is 15.0 Å². The Labute approximate surface area is 554 Å². The molecule has 0 spiro atoms. The van der Waals surface area contributed by atoms with Gasteiger partial charge in [0.25, 0.3) is 0 Å². The van der Waals surface area contributed by atoms with E-state index in [0.717, 1.165) is 5.69 Å². The van der Waals surface area contributed by atoms with Crippen molar-refractivity contribution < 1.29 is 0 Å². The highest BCUT2D eigenvalue weighted by atomic mass is 32.1. The van der Waals surface area contributed by atoms with E-state index in [1.54, 1.807) is 47.5 Å². The summed E-state index contributed by atoms with van der Waals surface area (Å²) in [6, 6.07) is 48.8. The molecule has 5 heteroatoms. The van der Waals surface area contributed by atoms with Gasteiger partial charge in [0.15, 0.2) is 0 Å². The van der Waals surface area contributed by atoms with Crippen LogP contribution in [0.1, 0.15) is 263 Å². The minimum Gasteiger partial charge on any atom is -0.265 e. The van der Waals surface area contributed by atoms with E-state index in [9.17, 15) is 0 Å². The van der Waals surface area contributed by atoms with Crippen molar-refractivity contribution in [3.05, 3.63) is 242 Å². The second-order valence-corrected chi connectivity index (χ2v) is 15.1. The first kappa shape index (κ1) is 122. The minimum atomic E-state index is 0. The van der Waals surface area contributed by atoms with Crippen LogP contribution in [0.2, 0.25) is 0 Å². The molecule has 3 nitrogen and oxygen atoms in total. The molecule has 86 heavy (non-hydrogen) atoms. The van der Waals surface area contributed by atoms with Crippen LogP contribution in [0.4, 0.5) is 0 Å². The normalized spacial score (nSPS) is 6.77. The molecule has 0 N–H and O–H groups in total. The fourth-order valence-corrected chi connectivity index (χ4v) is 5.28. The standard InChI is InChI=1S/3C7H8.3C6H7N.2C6H8S.14C2H6.2CH4/c3*1-7-5-3-2-4-6-7;1-6-2-4-7-5-3-6;1-6-3-2-4-7-5-6;1-6-4-2-3-5-7-6;2*1-5-3-4-7-6(5)2;14*1-2;;/h3*2-6H,1H3;3*2-5H,1H3;2*3-4H,1-2H3;14*1-2H3;2*1H4. The first-order chi connectivity index (χ1) is 41.0. The Bertz CT molecular complexity index is 1650. The summed E-state index contributed by atoms with van der Waals surface area (Å²) in [7, 11) is 0. The summed E-state index contributed by atoms with van der Waals surface area (Å²) in [4.78, 5) is 14.6. The van der Waals surface area contributed by atoms with Crippen molar-refractivity contribution in [3.63, 3.8) is 0 Å². The quantitative estimate of drug-likeness (QED) is 0.152. The Kier molecular flexibility index (Phi) is 190. The topological polar surface area (TPSA) is 38.7 Å². The Morgan fingerprint density at radius 1 is 0.233 bits per heavy atom. The number of hydrogen-bond acceptors (Lipinski definition) is 5. The van der Waals surface area contributed by atoms with Crippen LogP contribution in [-0.4, -0.2) is 15.0 Å². The van der Waals surface area contributed by atoms with Crippen LogP contribution in [0.25, 0.3) is 0 Å². The van der Waals surface area contributed by atoms with Crippen molar-refractivity contribution >= 4 is 22.7 Å². The predicted molar refractivity (Wildman–Crippen MR) is 420 cm³/mol. The second-order valence-electron chi connectivity index (χ2n) is 12.8. The summed E-state index contributed by atoms with van der Waals surface area (Å²) < 4.78 is 0. The molecule has 0 bridgehead atoms. The van der Waals surface area contributed by atoms with Crippen LogP contribution in [0.5, 0.6) is 0 Å². The summed E-state index contributed by atoms with van der Waals surface area (Å²) in [6.07, 6.45) is 8.97. The third kappa shape index (κ3) is 121. The number of hydrogen-bond donors (Lipinski definition) is 0. The van der Waals surface area contributed by atoms with Crippen molar-refractivity contribution in [2.24, 2.45) is 0 Å². The Balaban J connectivity index is -0.0000000438. The average Bonchev–Trinajstić information content (AvgIpc) is 4.18. The van der Waals surface area contributed by atoms with Crippen molar-refractivity contribution in [2.75, 3.05) is 0 Å². The predicted octanol–water partition coefficient (Wildman–Crippen LogP) is 30.5. The lowest BCUT2D eigenvalue weighted by Crippen LogP contribution is -1.72. The van der Waals surface area contributed by atoms with Crippen LogP contribution in [-0.2, 0) is 0 Å². The molecule has 0 fully saturated rings. The molecular formula is C81H153N3S2. The molecule has 0 aliphatic carbocycles. The van der Waals surface area contributed by atoms with E-state index < -0.39 is 0 Å².